The number of amides is 2. The van der Waals surface area contributed by atoms with Crippen molar-refractivity contribution in [2.24, 2.45) is 5.92 Å². The average Bonchev–Trinajstić information content (AvgIpc) is 2.53. The zero-order valence-corrected chi connectivity index (χ0v) is 12.0. The number of hydrogen-bond donors (Lipinski definition) is 1. The van der Waals surface area contributed by atoms with Gasteiger partial charge in [-0.25, -0.2) is 4.39 Å². The average molecular weight is 290 g/mol. The van der Waals surface area contributed by atoms with E-state index in [1.165, 1.54) is 18.2 Å². The van der Waals surface area contributed by atoms with E-state index in [9.17, 15) is 14.0 Å². The number of piperidine rings is 1. The third-order valence-corrected chi connectivity index (χ3v) is 3.71. The highest BCUT2D eigenvalue weighted by atomic mass is 19.1. The smallest absolute Gasteiger partial charge is 0.246 e. The molecule has 0 aromatic heterocycles. The van der Waals surface area contributed by atoms with Gasteiger partial charge in [0.05, 0.1) is 0 Å². The predicted octanol–water partition coefficient (Wildman–Crippen LogP) is 1.82. The summed E-state index contributed by atoms with van der Waals surface area (Å²) >= 11 is 0. The molecule has 1 saturated heterocycles. The van der Waals surface area contributed by atoms with Crippen LogP contribution in [0, 0.1) is 11.7 Å². The highest BCUT2D eigenvalue weighted by Gasteiger charge is 2.25. The Morgan fingerprint density at radius 1 is 1.24 bits per heavy atom. The maximum atomic E-state index is 12.8. The molecule has 0 unspecified atom stereocenters. The van der Waals surface area contributed by atoms with Crippen LogP contribution >= 0.6 is 0 Å². The summed E-state index contributed by atoms with van der Waals surface area (Å²) in [6.45, 7) is 1.18. The zero-order valence-electron chi connectivity index (χ0n) is 12.0. The molecule has 4 nitrogen and oxygen atoms in total. The maximum absolute atomic E-state index is 12.8. The van der Waals surface area contributed by atoms with E-state index in [1.807, 2.05) is 0 Å². The monoisotopic (exact) mass is 290 g/mol. The highest BCUT2D eigenvalue weighted by Crippen LogP contribution is 2.17. The third kappa shape index (κ3) is 4.15. The van der Waals surface area contributed by atoms with E-state index >= 15 is 0 Å². The van der Waals surface area contributed by atoms with Gasteiger partial charge >= 0.3 is 0 Å². The summed E-state index contributed by atoms with van der Waals surface area (Å²) in [5, 5.41) is 2.64. The van der Waals surface area contributed by atoms with E-state index in [0.717, 1.165) is 5.56 Å². The van der Waals surface area contributed by atoms with Gasteiger partial charge in [-0.05, 0) is 36.6 Å². The van der Waals surface area contributed by atoms with Crippen molar-refractivity contribution in [2.75, 3.05) is 20.1 Å². The first-order valence-corrected chi connectivity index (χ1v) is 7.04. The van der Waals surface area contributed by atoms with Crippen molar-refractivity contribution in [3.05, 3.63) is 41.7 Å². The van der Waals surface area contributed by atoms with Crippen LogP contribution in [0.5, 0.6) is 0 Å². The molecule has 0 spiro atoms. The minimum atomic E-state index is -0.297. The van der Waals surface area contributed by atoms with Crippen LogP contribution in [0.25, 0.3) is 6.08 Å². The number of benzene rings is 1. The molecule has 1 fully saturated rings. The van der Waals surface area contributed by atoms with E-state index in [1.54, 1.807) is 30.2 Å². The van der Waals surface area contributed by atoms with Crippen LogP contribution < -0.4 is 5.32 Å². The summed E-state index contributed by atoms with van der Waals surface area (Å²) in [7, 11) is 1.63. The molecule has 0 aliphatic carbocycles. The van der Waals surface area contributed by atoms with E-state index in [0.29, 0.717) is 25.9 Å². The quantitative estimate of drug-likeness (QED) is 0.863. The fraction of sp³-hybridized carbons (Fsp3) is 0.375. The molecule has 2 rings (SSSR count). The zero-order chi connectivity index (χ0) is 15.2. The molecule has 0 atom stereocenters. The van der Waals surface area contributed by atoms with Gasteiger partial charge in [0.15, 0.2) is 0 Å². The normalized spacial score (nSPS) is 16.2. The number of rotatable bonds is 3. The van der Waals surface area contributed by atoms with Crippen molar-refractivity contribution in [3.63, 3.8) is 0 Å². The first kappa shape index (κ1) is 15.2. The van der Waals surface area contributed by atoms with Gasteiger partial charge in [-0.1, -0.05) is 12.1 Å². The first-order valence-electron chi connectivity index (χ1n) is 7.04. The van der Waals surface area contributed by atoms with E-state index in [-0.39, 0.29) is 23.5 Å². The minimum Gasteiger partial charge on any atom is -0.359 e. The fourth-order valence-corrected chi connectivity index (χ4v) is 2.41. The summed E-state index contributed by atoms with van der Waals surface area (Å²) in [6.07, 6.45) is 4.55. The second-order valence-corrected chi connectivity index (χ2v) is 5.10. The molecule has 1 heterocycles. The Morgan fingerprint density at radius 3 is 2.43 bits per heavy atom. The molecule has 0 saturated carbocycles. The number of nitrogens with zero attached hydrogens (tertiary/aromatic N) is 1. The molecule has 1 N–H and O–H groups in total. The van der Waals surface area contributed by atoms with Crippen LogP contribution in [0.1, 0.15) is 18.4 Å². The van der Waals surface area contributed by atoms with E-state index in [2.05, 4.69) is 5.32 Å². The van der Waals surface area contributed by atoms with Gasteiger partial charge in [0.1, 0.15) is 5.82 Å². The van der Waals surface area contributed by atoms with Crippen LogP contribution in [-0.4, -0.2) is 36.9 Å². The maximum Gasteiger partial charge on any atom is 0.246 e. The molecule has 21 heavy (non-hydrogen) atoms. The Kier molecular flexibility index (Phi) is 5.09. The lowest BCUT2D eigenvalue weighted by Gasteiger charge is -2.30. The Balaban J connectivity index is 1.87. The number of halogens is 1. The lowest BCUT2D eigenvalue weighted by Crippen LogP contribution is -2.41. The van der Waals surface area contributed by atoms with E-state index < -0.39 is 0 Å². The van der Waals surface area contributed by atoms with Crippen molar-refractivity contribution in [1.29, 1.82) is 0 Å². The molecule has 1 aliphatic rings. The third-order valence-electron chi connectivity index (χ3n) is 3.71. The van der Waals surface area contributed by atoms with Crippen molar-refractivity contribution >= 4 is 17.9 Å². The number of nitrogens with one attached hydrogen (secondary N) is 1. The van der Waals surface area contributed by atoms with Gasteiger partial charge in [0.25, 0.3) is 0 Å². The highest BCUT2D eigenvalue weighted by molar-refractivity contribution is 5.92. The summed E-state index contributed by atoms with van der Waals surface area (Å²) < 4.78 is 12.8. The standard InChI is InChI=1S/C16H19FN2O2/c1-18-16(21)13-8-10-19(11-9-13)15(20)7-4-12-2-5-14(17)6-3-12/h2-7,13H,8-11H2,1H3,(H,18,21). The molecule has 112 valence electrons. The Bertz CT molecular complexity index is 532. The summed E-state index contributed by atoms with van der Waals surface area (Å²) in [6, 6.07) is 5.96. The van der Waals surface area contributed by atoms with E-state index in [4.69, 9.17) is 0 Å². The van der Waals surface area contributed by atoms with Gasteiger partial charge in [-0.2, -0.15) is 0 Å². The number of carbonyl (C=O) groups excluding carboxylic acids is 2. The molecule has 5 heteroatoms. The summed E-state index contributed by atoms with van der Waals surface area (Å²) in [5.74, 6) is -0.325. The molecular formula is C16H19FN2O2. The van der Waals surface area contributed by atoms with Crippen LogP contribution in [0.4, 0.5) is 4.39 Å². The lowest BCUT2D eigenvalue weighted by atomic mass is 9.96. The largest absolute Gasteiger partial charge is 0.359 e. The molecule has 1 aliphatic heterocycles. The van der Waals surface area contributed by atoms with Crippen LogP contribution in [0.15, 0.2) is 30.3 Å². The van der Waals surface area contributed by atoms with Crippen molar-refractivity contribution in [1.82, 2.24) is 10.2 Å². The minimum absolute atomic E-state index is 0.000119. The topological polar surface area (TPSA) is 49.4 Å². The molecule has 1 aromatic rings. The molecular weight excluding hydrogens is 271 g/mol. The lowest BCUT2D eigenvalue weighted by molar-refractivity contribution is -0.131. The fourth-order valence-electron chi connectivity index (χ4n) is 2.41. The molecule has 0 bridgehead atoms. The van der Waals surface area contributed by atoms with Gasteiger partial charge < -0.3 is 10.2 Å². The molecule has 1 aromatic carbocycles. The van der Waals surface area contributed by atoms with Gasteiger partial charge in [0, 0.05) is 32.1 Å². The predicted molar refractivity (Wildman–Crippen MR) is 78.8 cm³/mol. The first-order chi connectivity index (χ1) is 10.1. The number of likely N-dealkylation sites (tertiary alicyclic amines) is 1. The van der Waals surface area contributed by atoms with Crippen molar-refractivity contribution < 1.29 is 14.0 Å². The van der Waals surface area contributed by atoms with Gasteiger partial charge in [0.2, 0.25) is 11.8 Å². The SMILES string of the molecule is CNC(=O)C1CCN(C(=O)C=Cc2ccc(F)cc2)CC1. The Labute approximate surface area is 123 Å². The van der Waals surface area contributed by atoms with Crippen molar-refractivity contribution in [3.8, 4) is 0 Å². The van der Waals surface area contributed by atoms with Crippen LogP contribution in [0.3, 0.4) is 0 Å². The second kappa shape index (κ2) is 7.02. The van der Waals surface area contributed by atoms with Crippen LogP contribution in [-0.2, 0) is 9.59 Å². The second-order valence-electron chi connectivity index (χ2n) is 5.10. The number of carbonyl (C=O) groups is 2. The van der Waals surface area contributed by atoms with Gasteiger partial charge in [-0.3, -0.25) is 9.59 Å². The molecule has 0 radical (unpaired) electrons. The molecule has 2 amide bonds. The Morgan fingerprint density at radius 2 is 1.86 bits per heavy atom. The van der Waals surface area contributed by atoms with Crippen LogP contribution in [0.2, 0.25) is 0 Å². The Hall–Kier alpha value is -2.17. The van der Waals surface area contributed by atoms with Crippen molar-refractivity contribution in [2.45, 2.75) is 12.8 Å². The number of hydrogen-bond acceptors (Lipinski definition) is 2. The summed E-state index contributed by atoms with van der Waals surface area (Å²) in [4.78, 5) is 25.3. The summed E-state index contributed by atoms with van der Waals surface area (Å²) in [5.41, 5.74) is 0.782. The van der Waals surface area contributed by atoms with Gasteiger partial charge in [-0.15, -0.1) is 0 Å².